The molecule has 0 aliphatic heterocycles. The Morgan fingerprint density at radius 1 is 1.31 bits per heavy atom. The predicted molar refractivity (Wildman–Crippen MR) is 115 cm³/mol. The predicted octanol–water partition coefficient (Wildman–Crippen LogP) is 3.65. The number of hydrogen-bond donors (Lipinski definition) is 2. The number of carbonyl (C=O) groups excluding carboxylic acids is 2. The molecule has 7 nitrogen and oxygen atoms in total. The fourth-order valence-electron chi connectivity index (χ4n) is 3.15. The van der Waals surface area contributed by atoms with Gasteiger partial charge < -0.3 is 5.73 Å². The van der Waals surface area contributed by atoms with Crippen molar-refractivity contribution in [3.05, 3.63) is 53.0 Å². The Bertz CT molecular complexity index is 1080. The number of carbonyl (C=O) groups is 2. The second kappa shape index (κ2) is 8.00. The molecule has 3 aromatic rings. The van der Waals surface area contributed by atoms with E-state index in [1.807, 2.05) is 42.8 Å². The first kappa shape index (κ1) is 19.7. The fourth-order valence-corrected chi connectivity index (χ4v) is 5.02. The molecule has 4 rings (SSSR count). The van der Waals surface area contributed by atoms with Gasteiger partial charge in [0.05, 0.1) is 38.8 Å². The molecule has 0 bridgehead atoms. The van der Waals surface area contributed by atoms with Gasteiger partial charge in [-0.1, -0.05) is 29.5 Å². The summed E-state index contributed by atoms with van der Waals surface area (Å²) in [7, 11) is 0. The SMILES string of the molecule is Cc1ccccc1-n1ncc(C(=O)Nc2nc(C)c(SCC(N)=O)s2)c1C1CC1. The first-order chi connectivity index (χ1) is 13.9. The van der Waals surface area contributed by atoms with E-state index in [2.05, 4.69) is 15.4 Å². The van der Waals surface area contributed by atoms with E-state index in [9.17, 15) is 9.59 Å². The van der Waals surface area contributed by atoms with Gasteiger partial charge in [-0.05, 0) is 38.3 Å². The van der Waals surface area contributed by atoms with Gasteiger partial charge in [-0.2, -0.15) is 5.10 Å². The highest BCUT2D eigenvalue weighted by molar-refractivity contribution is 8.01. The van der Waals surface area contributed by atoms with Crippen LogP contribution < -0.4 is 11.1 Å². The molecule has 0 spiro atoms. The highest BCUT2D eigenvalue weighted by Gasteiger charge is 2.33. The van der Waals surface area contributed by atoms with Crippen molar-refractivity contribution in [3.8, 4) is 5.69 Å². The van der Waals surface area contributed by atoms with Crippen molar-refractivity contribution in [1.82, 2.24) is 14.8 Å². The number of benzene rings is 1. The van der Waals surface area contributed by atoms with Crippen LogP contribution in [0.1, 0.15) is 46.1 Å². The van der Waals surface area contributed by atoms with Crippen molar-refractivity contribution in [2.24, 2.45) is 5.73 Å². The van der Waals surface area contributed by atoms with E-state index in [0.717, 1.165) is 39.7 Å². The number of hydrogen-bond acceptors (Lipinski definition) is 6. The number of aromatic nitrogens is 3. The lowest BCUT2D eigenvalue weighted by molar-refractivity contribution is -0.115. The second-order valence-corrected chi connectivity index (χ2v) is 9.26. The van der Waals surface area contributed by atoms with E-state index in [1.165, 1.54) is 23.1 Å². The van der Waals surface area contributed by atoms with E-state index in [0.29, 0.717) is 16.6 Å². The first-order valence-corrected chi connectivity index (χ1v) is 11.1. The summed E-state index contributed by atoms with van der Waals surface area (Å²) in [5.41, 5.74) is 9.61. The van der Waals surface area contributed by atoms with Crippen LogP contribution in [0.4, 0.5) is 5.13 Å². The number of anilines is 1. The summed E-state index contributed by atoms with van der Waals surface area (Å²) in [6.45, 7) is 3.89. The van der Waals surface area contributed by atoms with Crippen LogP contribution in [0.25, 0.3) is 5.69 Å². The van der Waals surface area contributed by atoms with Gasteiger partial charge in [0.25, 0.3) is 5.91 Å². The van der Waals surface area contributed by atoms with Crippen LogP contribution in [0.3, 0.4) is 0 Å². The largest absolute Gasteiger partial charge is 0.369 e. The molecule has 0 atom stereocenters. The van der Waals surface area contributed by atoms with E-state index in [1.54, 1.807) is 6.20 Å². The Balaban J connectivity index is 1.59. The van der Waals surface area contributed by atoms with Crippen LogP contribution >= 0.6 is 23.1 Å². The highest BCUT2D eigenvalue weighted by Crippen LogP contribution is 2.43. The topological polar surface area (TPSA) is 103 Å². The maximum absolute atomic E-state index is 13.0. The fraction of sp³-hybridized carbons (Fsp3) is 0.300. The highest BCUT2D eigenvalue weighted by atomic mass is 32.2. The van der Waals surface area contributed by atoms with E-state index in [4.69, 9.17) is 5.73 Å². The summed E-state index contributed by atoms with van der Waals surface area (Å²) >= 11 is 2.68. The number of aryl methyl sites for hydroxylation is 2. The first-order valence-electron chi connectivity index (χ1n) is 9.28. The zero-order chi connectivity index (χ0) is 20.5. The molecule has 3 N–H and O–H groups in total. The number of thioether (sulfide) groups is 1. The van der Waals surface area contributed by atoms with Gasteiger partial charge in [0, 0.05) is 5.92 Å². The van der Waals surface area contributed by atoms with Crippen LogP contribution in [0.2, 0.25) is 0 Å². The van der Waals surface area contributed by atoms with Gasteiger partial charge in [-0.25, -0.2) is 9.67 Å². The molecule has 150 valence electrons. The lowest BCUT2D eigenvalue weighted by atomic mass is 10.1. The van der Waals surface area contributed by atoms with Crippen LogP contribution in [0.15, 0.2) is 34.7 Å². The van der Waals surface area contributed by atoms with Crippen LogP contribution in [0, 0.1) is 13.8 Å². The third kappa shape index (κ3) is 4.20. The van der Waals surface area contributed by atoms with Crippen molar-refractivity contribution in [3.63, 3.8) is 0 Å². The Morgan fingerprint density at radius 3 is 2.76 bits per heavy atom. The molecule has 1 aliphatic rings. The lowest BCUT2D eigenvalue weighted by Crippen LogP contribution is -2.14. The minimum absolute atomic E-state index is 0.186. The third-order valence-corrected chi connectivity index (χ3v) is 7.14. The number of amides is 2. The number of nitrogens with zero attached hydrogens (tertiary/aromatic N) is 3. The third-order valence-electron chi connectivity index (χ3n) is 4.68. The standard InChI is InChI=1S/C20H21N5O2S2/c1-11-5-3-4-6-15(11)25-17(13-7-8-13)14(9-22-25)18(27)24-20-23-12(2)19(29-20)28-10-16(21)26/h3-6,9,13H,7-8,10H2,1-2H3,(H2,21,26)(H,23,24,27). The summed E-state index contributed by atoms with van der Waals surface area (Å²) < 4.78 is 2.76. The average molecular weight is 428 g/mol. The smallest absolute Gasteiger partial charge is 0.260 e. The van der Waals surface area contributed by atoms with Crippen LogP contribution in [0.5, 0.6) is 0 Å². The molecule has 2 amide bonds. The van der Waals surface area contributed by atoms with Crippen molar-refractivity contribution >= 4 is 40.0 Å². The van der Waals surface area contributed by atoms with Gasteiger partial charge in [0.2, 0.25) is 5.91 Å². The number of rotatable bonds is 7. The summed E-state index contributed by atoms with van der Waals surface area (Å²) in [5.74, 6) is -0.0681. The monoisotopic (exact) mass is 427 g/mol. The molecular weight excluding hydrogens is 406 g/mol. The number of nitrogens with one attached hydrogen (secondary N) is 1. The molecular formula is C20H21N5O2S2. The maximum atomic E-state index is 13.0. The van der Waals surface area contributed by atoms with Crippen molar-refractivity contribution in [2.45, 2.75) is 36.8 Å². The van der Waals surface area contributed by atoms with Gasteiger partial charge >= 0.3 is 0 Å². The quantitative estimate of drug-likeness (QED) is 0.560. The molecule has 1 aromatic carbocycles. The summed E-state index contributed by atoms with van der Waals surface area (Å²) in [4.78, 5) is 28.4. The molecule has 0 radical (unpaired) electrons. The van der Waals surface area contributed by atoms with Crippen LogP contribution in [-0.2, 0) is 4.79 Å². The van der Waals surface area contributed by atoms with Gasteiger partial charge in [0.1, 0.15) is 0 Å². The normalized spacial score (nSPS) is 13.4. The van der Waals surface area contributed by atoms with E-state index < -0.39 is 0 Å². The average Bonchev–Trinajstić information content (AvgIpc) is 3.32. The Kier molecular flexibility index (Phi) is 5.42. The second-order valence-electron chi connectivity index (χ2n) is 7.02. The number of thiazole rings is 1. The zero-order valence-corrected chi connectivity index (χ0v) is 17.8. The maximum Gasteiger partial charge on any atom is 0.260 e. The van der Waals surface area contributed by atoms with Crippen molar-refractivity contribution in [1.29, 1.82) is 0 Å². The summed E-state index contributed by atoms with van der Waals surface area (Å²) in [6, 6.07) is 8.02. The van der Waals surface area contributed by atoms with Gasteiger partial charge in [-0.15, -0.1) is 11.8 Å². The van der Waals surface area contributed by atoms with Crippen molar-refractivity contribution in [2.75, 3.05) is 11.1 Å². The van der Waals surface area contributed by atoms with Crippen molar-refractivity contribution < 1.29 is 9.59 Å². The zero-order valence-electron chi connectivity index (χ0n) is 16.1. The Hall–Kier alpha value is -2.65. The van der Waals surface area contributed by atoms with E-state index >= 15 is 0 Å². The minimum atomic E-state index is -0.383. The number of para-hydroxylation sites is 1. The molecule has 1 aliphatic carbocycles. The lowest BCUT2D eigenvalue weighted by Gasteiger charge is -2.11. The summed E-state index contributed by atoms with van der Waals surface area (Å²) in [6.07, 6.45) is 3.75. The molecule has 2 heterocycles. The summed E-state index contributed by atoms with van der Waals surface area (Å²) in [5, 5.41) is 7.93. The van der Waals surface area contributed by atoms with Gasteiger partial charge in [-0.3, -0.25) is 14.9 Å². The molecule has 0 saturated heterocycles. The molecule has 29 heavy (non-hydrogen) atoms. The minimum Gasteiger partial charge on any atom is -0.369 e. The molecule has 9 heteroatoms. The molecule has 1 saturated carbocycles. The molecule has 0 unspecified atom stereocenters. The number of nitrogens with two attached hydrogens (primary N) is 1. The van der Waals surface area contributed by atoms with E-state index in [-0.39, 0.29) is 17.6 Å². The number of primary amides is 1. The van der Waals surface area contributed by atoms with Crippen LogP contribution in [-0.4, -0.2) is 32.3 Å². The van der Waals surface area contributed by atoms with Gasteiger partial charge in [0.15, 0.2) is 5.13 Å². The Morgan fingerprint density at radius 2 is 2.07 bits per heavy atom. The molecule has 1 fully saturated rings. The Labute approximate surface area is 176 Å². The molecule has 2 aromatic heterocycles.